The van der Waals surface area contributed by atoms with Gasteiger partial charge in [-0.05, 0) is 36.4 Å². The van der Waals surface area contributed by atoms with E-state index in [9.17, 15) is 4.79 Å². The van der Waals surface area contributed by atoms with Crippen LogP contribution in [0.15, 0.2) is 84.9 Å². The number of benzene rings is 3. The topological polar surface area (TPSA) is 42.0 Å². The molecule has 0 unspecified atom stereocenters. The monoisotopic (exact) mass is 390 g/mol. The Hall–Kier alpha value is -2.95. The highest BCUT2D eigenvalue weighted by atomic mass is 35.5. The molecule has 0 saturated carbocycles. The lowest BCUT2D eigenvalue weighted by atomic mass is 10.1. The maximum atomic E-state index is 13.1. The Balaban J connectivity index is 1.77. The first-order valence-electron chi connectivity index (χ1n) is 8.39. The number of para-hydroxylation sites is 1. The third-order valence-corrected chi connectivity index (χ3v) is 5.27. The highest BCUT2D eigenvalue weighted by Crippen LogP contribution is 2.35. The minimum Gasteiger partial charge on any atom is -0.345 e. The molecule has 3 aromatic carbocycles. The fraction of sp³-hybridized carbons (Fsp3) is 0. The predicted octanol–water partition coefficient (Wildman–Crippen LogP) is 6.44. The molecule has 1 N–H and O–H groups in total. The van der Waals surface area contributed by atoms with Crippen LogP contribution in [0.4, 0.5) is 10.7 Å². The van der Waals surface area contributed by atoms with Crippen LogP contribution in [-0.4, -0.2) is 10.8 Å². The lowest BCUT2D eigenvalue weighted by Gasteiger charge is -2.05. The first kappa shape index (κ1) is 17.5. The molecule has 4 rings (SSSR count). The summed E-state index contributed by atoms with van der Waals surface area (Å²) >= 11 is 7.41. The molecular formula is C22H15ClN2OS. The fourth-order valence-electron chi connectivity index (χ4n) is 2.65. The zero-order valence-corrected chi connectivity index (χ0v) is 15.8. The number of nitrogens with one attached hydrogen (secondary N) is 1. The van der Waals surface area contributed by atoms with Gasteiger partial charge in [-0.1, -0.05) is 71.5 Å². The molecule has 1 aromatic heterocycles. The van der Waals surface area contributed by atoms with Crippen LogP contribution in [0.25, 0.3) is 10.6 Å². The number of hydrogen-bond donors (Lipinski definition) is 1. The number of carbonyl (C=O) groups excluding carboxylic acids is 1. The molecule has 0 aliphatic rings. The number of halogens is 1. The van der Waals surface area contributed by atoms with Crippen LogP contribution in [0, 0.1) is 0 Å². The Labute approximate surface area is 166 Å². The van der Waals surface area contributed by atoms with Crippen LogP contribution in [0.1, 0.15) is 16.1 Å². The normalized spacial score (nSPS) is 10.6. The van der Waals surface area contributed by atoms with Gasteiger partial charge in [0.05, 0.1) is 0 Å². The van der Waals surface area contributed by atoms with E-state index in [4.69, 9.17) is 11.6 Å². The third-order valence-electron chi connectivity index (χ3n) is 4.00. The lowest BCUT2D eigenvalue weighted by molar-refractivity contribution is 0.103. The molecule has 0 amide bonds. The molecular weight excluding hydrogens is 376 g/mol. The van der Waals surface area contributed by atoms with Gasteiger partial charge in [-0.2, -0.15) is 0 Å². The van der Waals surface area contributed by atoms with Crippen LogP contribution in [0.3, 0.4) is 0 Å². The molecule has 0 radical (unpaired) electrons. The molecule has 0 bridgehead atoms. The second-order valence-electron chi connectivity index (χ2n) is 5.89. The van der Waals surface area contributed by atoms with Crippen LogP contribution >= 0.6 is 22.9 Å². The summed E-state index contributed by atoms with van der Waals surface area (Å²) in [7, 11) is 0. The van der Waals surface area contributed by atoms with Gasteiger partial charge >= 0.3 is 0 Å². The van der Waals surface area contributed by atoms with Gasteiger partial charge in [0, 0.05) is 21.8 Å². The molecule has 0 saturated heterocycles. The van der Waals surface area contributed by atoms with Crippen molar-refractivity contribution in [3.63, 3.8) is 0 Å². The Morgan fingerprint density at radius 2 is 1.48 bits per heavy atom. The Kier molecular flexibility index (Phi) is 5.01. The van der Waals surface area contributed by atoms with E-state index in [2.05, 4.69) is 10.3 Å². The smallest absolute Gasteiger partial charge is 0.214 e. The maximum absolute atomic E-state index is 13.1. The number of anilines is 2. The first-order valence-corrected chi connectivity index (χ1v) is 9.59. The van der Waals surface area contributed by atoms with Crippen molar-refractivity contribution in [2.24, 2.45) is 0 Å². The summed E-state index contributed by atoms with van der Waals surface area (Å²) in [5.74, 6) is -0.136. The second-order valence-corrected chi connectivity index (χ2v) is 7.33. The van der Waals surface area contributed by atoms with Crippen LogP contribution in [0.2, 0.25) is 5.02 Å². The number of rotatable bonds is 5. The molecule has 1 heterocycles. The van der Waals surface area contributed by atoms with Crippen LogP contribution in [0.5, 0.6) is 0 Å². The zero-order valence-electron chi connectivity index (χ0n) is 14.2. The fourth-order valence-corrected chi connectivity index (χ4v) is 3.77. The van der Waals surface area contributed by atoms with Gasteiger partial charge in [-0.25, -0.2) is 4.98 Å². The maximum Gasteiger partial charge on any atom is 0.214 e. The van der Waals surface area contributed by atoms with Crippen molar-refractivity contribution in [2.75, 3.05) is 5.32 Å². The average Bonchev–Trinajstić information content (AvgIpc) is 3.13. The molecule has 27 heavy (non-hydrogen) atoms. The van der Waals surface area contributed by atoms with Gasteiger partial charge in [0.1, 0.15) is 15.7 Å². The molecule has 3 nitrogen and oxygen atoms in total. The van der Waals surface area contributed by atoms with E-state index < -0.39 is 0 Å². The standard InChI is InChI=1S/C22H15ClN2OS/c23-17-13-11-15(12-14-17)20(26)19-22(24-18-9-5-2-6-10-18)27-21(25-19)16-7-3-1-4-8-16/h1-14,24H. The molecule has 132 valence electrons. The number of hydrogen-bond acceptors (Lipinski definition) is 4. The molecule has 0 fully saturated rings. The Morgan fingerprint density at radius 1 is 0.852 bits per heavy atom. The minimum absolute atomic E-state index is 0.136. The van der Waals surface area contributed by atoms with Crippen molar-refractivity contribution in [1.82, 2.24) is 4.98 Å². The summed E-state index contributed by atoms with van der Waals surface area (Å²) in [5.41, 5.74) is 2.85. The first-order chi connectivity index (χ1) is 13.2. The summed E-state index contributed by atoms with van der Waals surface area (Å²) < 4.78 is 0. The third kappa shape index (κ3) is 3.92. The van der Waals surface area contributed by atoms with Crippen molar-refractivity contribution < 1.29 is 4.79 Å². The largest absolute Gasteiger partial charge is 0.345 e. The van der Waals surface area contributed by atoms with Crippen molar-refractivity contribution >= 4 is 39.4 Å². The summed E-state index contributed by atoms with van der Waals surface area (Å²) in [6, 6.07) is 26.5. The zero-order chi connectivity index (χ0) is 18.6. The molecule has 0 aliphatic heterocycles. The quantitative estimate of drug-likeness (QED) is 0.399. The number of thiazole rings is 1. The number of carbonyl (C=O) groups is 1. The second kappa shape index (κ2) is 7.74. The summed E-state index contributed by atoms with van der Waals surface area (Å²) in [4.78, 5) is 17.7. The lowest BCUT2D eigenvalue weighted by Crippen LogP contribution is -2.04. The van der Waals surface area contributed by atoms with E-state index >= 15 is 0 Å². The highest BCUT2D eigenvalue weighted by Gasteiger charge is 2.20. The van der Waals surface area contributed by atoms with E-state index in [1.165, 1.54) is 11.3 Å². The van der Waals surface area contributed by atoms with E-state index in [-0.39, 0.29) is 5.78 Å². The summed E-state index contributed by atoms with van der Waals surface area (Å²) in [6.07, 6.45) is 0. The summed E-state index contributed by atoms with van der Waals surface area (Å²) in [6.45, 7) is 0. The molecule has 0 atom stereocenters. The Bertz CT molecular complexity index is 1060. The average molecular weight is 391 g/mol. The molecule has 0 spiro atoms. The van der Waals surface area contributed by atoms with Crippen molar-refractivity contribution in [2.45, 2.75) is 0 Å². The van der Waals surface area contributed by atoms with E-state index in [0.717, 1.165) is 21.3 Å². The van der Waals surface area contributed by atoms with E-state index in [1.807, 2.05) is 60.7 Å². The van der Waals surface area contributed by atoms with Gasteiger partial charge in [0.2, 0.25) is 5.78 Å². The number of nitrogens with zero attached hydrogens (tertiary/aromatic N) is 1. The number of aromatic nitrogens is 1. The molecule has 0 aliphatic carbocycles. The van der Waals surface area contributed by atoms with E-state index in [0.29, 0.717) is 16.3 Å². The SMILES string of the molecule is O=C(c1ccc(Cl)cc1)c1nc(-c2ccccc2)sc1Nc1ccccc1. The van der Waals surface area contributed by atoms with E-state index in [1.54, 1.807) is 24.3 Å². The highest BCUT2D eigenvalue weighted by molar-refractivity contribution is 7.19. The Morgan fingerprint density at radius 3 is 2.15 bits per heavy atom. The van der Waals surface area contributed by atoms with Gasteiger partial charge in [0.25, 0.3) is 0 Å². The van der Waals surface area contributed by atoms with Crippen molar-refractivity contribution in [3.8, 4) is 10.6 Å². The molecule has 5 heteroatoms. The van der Waals surface area contributed by atoms with Crippen LogP contribution < -0.4 is 5.32 Å². The summed E-state index contributed by atoms with van der Waals surface area (Å²) in [5, 5.41) is 5.45. The molecule has 4 aromatic rings. The van der Waals surface area contributed by atoms with Gasteiger partial charge in [0.15, 0.2) is 0 Å². The van der Waals surface area contributed by atoms with Crippen molar-refractivity contribution in [1.29, 1.82) is 0 Å². The minimum atomic E-state index is -0.136. The van der Waals surface area contributed by atoms with Gasteiger partial charge < -0.3 is 5.32 Å². The van der Waals surface area contributed by atoms with Crippen LogP contribution in [-0.2, 0) is 0 Å². The van der Waals surface area contributed by atoms with Gasteiger partial charge in [-0.3, -0.25) is 4.79 Å². The predicted molar refractivity (Wildman–Crippen MR) is 112 cm³/mol. The van der Waals surface area contributed by atoms with Gasteiger partial charge in [-0.15, -0.1) is 0 Å². The van der Waals surface area contributed by atoms with Crippen molar-refractivity contribution in [3.05, 3.63) is 101 Å². The number of ketones is 1.